The highest BCUT2D eigenvalue weighted by atomic mass is 79.9. The molecule has 108 valence electrons. The van der Waals surface area contributed by atoms with Crippen LogP contribution in [0.4, 0.5) is 4.39 Å². The van der Waals surface area contributed by atoms with Gasteiger partial charge < -0.3 is 5.32 Å². The molecule has 1 aromatic carbocycles. The van der Waals surface area contributed by atoms with Crippen molar-refractivity contribution >= 4 is 27.3 Å². The summed E-state index contributed by atoms with van der Waals surface area (Å²) >= 11 is 5.33. The first-order valence-electron chi connectivity index (χ1n) is 6.78. The number of hydrogen-bond acceptors (Lipinski definition) is 2. The van der Waals surface area contributed by atoms with Gasteiger partial charge in [-0.15, -0.1) is 11.3 Å². The van der Waals surface area contributed by atoms with Gasteiger partial charge in [-0.1, -0.05) is 22.9 Å². The average molecular weight is 356 g/mol. The van der Waals surface area contributed by atoms with Gasteiger partial charge in [0.1, 0.15) is 5.82 Å². The van der Waals surface area contributed by atoms with Crippen LogP contribution < -0.4 is 5.32 Å². The lowest BCUT2D eigenvalue weighted by Crippen LogP contribution is -2.23. The monoisotopic (exact) mass is 355 g/mol. The van der Waals surface area contributed by atoms with Crippen molar-refractivity contribution in [3.63, 3.8) is 0 Å². The Kier molecular flexibility index (Phi) is 5.35. The summed E-state index contributed by atoms with van der Waals surface area (Å²) < 4.78 is 14.5. The topological polar surface area (TPSA) is 12.0 Å². The van der Waals surface area contributed by atoms with Gasteiger partial charge in [-0.05, 0) is 62.2 Å². The first-order chi connectivity index (χ1) is 9.52. The van der Waals surface area contributed by atoms with Crippen molar-refractivity contribution in [1.29, 1.82) is 0 Å². The van der Waals surface area contributed by atoms with E-state index in [1.54, 1.807) is 23.5 Å². The molecule has 2 aromatic rings. The van der Waals surface area contributed by atoms with Crippen LogP contribution in [0, 0.1) is 19.7 Å². The molecule has 1 heterocycles. The number of rotatable bonds is 5. The third kappa shape index (κ3) is 3.48. The highest BCUT2D eigenvalue weighted by Gasteiger charge is 2.20. The third-order valence-electron chi connectivity index (χ3n) is 3.21. The molecular formula is C16H19BrFNS. The summed E-state index contributed by atoms with van der Waals surface area (Å²) in [7, 11) is 0. The van der Waals surface area contributed by atoms with Gasteiger partial charge in [0, 0.05) is 14.2 Å². The van der Waals surface area contributed by atoms with Crippen LogP contribution in [0.2, 0.25) is 0 Å². The summed E-state index contributed by atoms with van der Waals surface area (Å²) in [6.07, 6.45) is 1.05. The maximum Gasteiger partial charge on any atom is 0.123 e. The molecule has 1 atom stereocenters. The van der Waals surface area contributed by atoms with E-state index >= 15 is 0 Å². The summed E-state index contributed by atoms with van der Waals surface area (Å²) in [6.45, 7) is 7.27. The predicted octanol–water partition coefficient (Wildman–Crippen LogP) is 5.36. The Morgan fingerprint density at radius 2 is 2.05 bits per heavy atom. The van der Waals surface area contributed by atoms with Crippen LogP contribution in [0.25, 0.3) is 0 Å². The van der Waals surface area contributed by atoms with Crippen molar-refractivity contribution in [2.45, 2.75) is 33.2 Å². The van der Waals surface area contributed by atoms with Crippen molar-refractivity contribution in [2.75, 3.05) is 6.54 Å². The fraction of sp³-hybridized carbons (Fsp3) is 0.375. The molecule has 0 bridgehead atoms. The van der Waals surface area contributed by atoms with Crippen molar-refractivity contribution in [3.8, 4) is 0 Å². The molecule has 0 aliphatic rings. The fourth-order valence-electron chi connectivity index (χ4n) is 2.31. The lowest BCUT2D eigenvalue weighted by Gasteiger charge is -2.20. The molecule has 1 unspecified atom stereocenters. The fourth-order valence-corrected chi connectivity index (χ4v) is 3.92. The zero-order valence-corrected chi connectivity index (χ0v) is 14.4. The van der Waals surface area contributed by atoms with E-state index < -0.39 is 0 Å². The minimum Gasteiger partial charge on any atom is -0.306 e. The van der Waals surface area contributed by atoms with Gasteiger partial charge in [0.2, 0.25) is 0 Å². The van der Waals surface area contributed by atoms with Crippen molar-refractivity contribution in [1.82, 2.24) is 5.32 Å². The van der Waals surface area contributed by atoms with Crippen LogP contribution in [-0.2, 0) is 0 Å². The molecule has 1 N–H and O–H groups in total. The molecule has 2 rings (SSSR count). The van der Waals surface area contributed by atoms with E-state index in [9.17, 15) is 4.39 Å². The second-order valence-corrected chi connectivity index (χ2v) is 7.10. The van der Waals surface area contributed by atoms with Crippen LogP contribution >= 0.6 is 27.3 Å². The van der Waals surface area contributed by atoms with Gasteiger partial charge in [0.15, 0.2) is 0 Å². The Balaban J connectivity index is 2.46. The van der Waals surface area contributed by atoms with Crippen molar-refractivity contribution in [2.24, 2.45) is 0 Å². The molecule has 0 aliphatic heterocycles. The lowest BCUT2D eigenvalue weighted by molar-refractivity contribution is 0.587. The van der Waals surface area contributed by atoms with E-state index in [1.807, 2.05) is 0 Å². The smallest absolute Gasteiger partial charge is 0.123 e. The maximum atomic E-state index is 13.6. The molecule has 20 heavy (non-hydrogen) atoms. The Bertz CT molecular complexity index is 594. The molecular weight excluding hydrogens is 337 g/mol. The summed E-state index contributed by atoms with van der Waals surface area (Å²) in [5.41, 5.74) is 2.22. The standard InChI is InChI=1S/C16H19BrFNS/c1-4-7-19-15(16-10(2)8-11(3)20-16)13-9-12(18)5-6-14(13)17/h5-6,8-9,15,19H,4,7H2,1-3H3. The van der Waals surface area contributed by atoms with Crippen molar-refractivity contribution in [3.05, 3.63) is 55.4 Å². The molecule has 0 fully saturated rings. The first kappa shape index (κ1) is 15.7. The minimum atomic E-state index is -0.197. The molecule has 0 amide bonds. The largest absolute Gasteiger partial charge is 0.306 e. The predicted molar refractivity (Wildman–Crippen MR) is 88.0 cm³/mol. The number of halogens is 2. The van der Waals surface area contributed by atoms with Crippen molar-refractivity contribution < 1.29 is 4.39 Å². The summed E-state index contributed by atoms with van der Waals surface area (Å²) in [5, 5.41) is 3.54. The van der Waals surface area contributed by atoms with E-state index in [-0.39, 0.29) is 11.9 Å². The van der Waals surface area contributed by atoms with Gasteiger partial charge in [-0.25, -0.2) is 4.39 Å². The second-order valence-electron chi connectivity index (χ2n) is 4.96. The Morgan fingerprint density at radius 3 is 2.65 bits per heavy atom. The normalized spacial score (nSPS) is 12.7. The zero-order chi connectivity index (χ0) is 14.7. The molecule has 0 saturated carbocycles. The van der Waals surface area contributed by atoms with Crippen LogP contribution in [0.3, 0.4) is 0 Å². The highest BCUT2D eigenvalue weighted by Crippen LogP contribution is 2.35. The molecule has 0 aliphatic carbocycles. The average Bonchev–Trinajstić information content (AvgIpc) is 2.73. The quantitative estimate of drug-likeness (QED) is 0.761. The first-order valence-corrected chi connectivity index (χ1v) is 8.39. The van der Waals surface area contributed by atoms with E-state index in [1.165, 1.54) is 21.4 Å². The van der Waals surface area contributed by atoms with Gasteiger partial charge in [0.05, 0.1) is 6.04 Å². The maximum absolute atomic E-state index is 13.6. The Hall–Kier alpha value is -0.710. The number of benzene rings is 1. The van der Waals surface area contributed by atoms with Gasteiger partial charge in [-0.3, -0.25) is 0 Å². The van der Waals surface area contributed by atoms with Gasteiger partial charge in [0.25, 0.3) is 0 Å². The van der Waals surface area contributed by atoms with Gasteiger partial charge in [-0.2, -0.15) is 0 Å². The van der Waals surface area contributed by atoms with Crippen LogP contribution in [-0.4, -0.2) is 6.54 Å². The molecule has 0 radical (unpaired) electrons. The molecule has 0 saturated heterocycles. The number of hydrogen-bond donors (Lipinski definition) is 1. The number of thiophene rings is 1. The third-order valence-corrected chi connectivity index (χ3v) is 5.15. The molecule has 0 spiro atoms. The number of aryl methyl sites for hydroxylation is 2. The summed E-state index contributed by atoms with van der Waals surface area (Å²) in [5.74, 6) is -0.197. The van der Waals surface area contributed by atoms with E-state index in [0.29, 0.717) is 0 Å². The minimum absolute atomic E-state index is 0.0405. The molecule has 1 aromatic heterocycles. The van der Waals surface area contributed by atoms with Gasteiger partial charge >= 0.3 is 0 Å². The SMILES string of the molecule is CCCNC(c1cc(F)ccc1Br)c1sc(C)cc1C. The van der Waals surface area contributed by atoms with E-state index in [2.05, 4.69) is 48.1 Å². The molecule has 4 heteroatoms. The highest BCUT2D eigenvalue weighted by molar-refractivity contribution is 9.10. The van der Waals surface area contributed by atoms with Crippen LogP contribution in [0.1, 0.15) is 40.3 Å². The van der Waals surface area contributed by atoms with E-state index in [4.69, 9.17) is 0 Å². The Morgan fingerprint density at radius 1 is 1.30 bits per heavy atom. The summed E-state index contributed by atoms with van der Waals surface area (Å²) in [6, 6.07) is 7.11. The van der Waals surface area contributed by atoms with Crippen LogP contribution in [0.5, 0.6) is 0 Å². The summed E-state index contributed by atoms with van der Waals surface area (Å²) in [4.78, 5) is 2.55. The lowest BCUT2D eigenvalue weighted by atomic mass is 10.0. The zero-order valence-electron chi connectivity index (χ0n) is 12.0. The number of nitrogens with one attached hydrogen (secondary N) is 1. The second kappa shape index (κ2) is 6.83. The van der Waals surface area contributed by atoms with E-state index in [0.717, 1.165) is 23.0 Å². The Labute approximate surface area is 132 Å². The van der Waals surface area contributed by atoms with Crippen LogP contribution in [0.15, 0.2) is 28.7 Å². The molecule has 1 nitrogen and oxygen atoms in total.